The van der Waals surface area contributed by atoms with Crippen LogP contribution in [-0.2, 0) is 38.0 Å². The summed E-state index contributed by atoms with van der Waals surface area (Å²) in [5.74, 6) is -1.81. The highest BCUT2D eigenvalue weighted by Gasteiger charge is 2.70. The van der Waals surface area contributed by atoms with Crippen molar-refractivity contribution < 1.29 is 89.1 Å². The van der Waals surface area contributed by atoms with Gasteiger partial charge >= 0.3 is 11.9 Å². The van der Waals surface area contributed by atoms with Crippen molar-refractivity contribution in [1.29, 1.82) is 0 Å². The molecule has 18 nitrogen and oxygen atoms in total. The Kier molecular flexibility index (Phi) is 13.1. The summed E-state index contributed by atoms with van der Waals surface area (Å²) >= 11 is 0. The van der Waals surface area contributed by atoms with Gasteiger partial charge in [0.15, 0.2) is 25.0 Å². The smallest absolute Gasteiger partial charge is 0.335 e. The first kappa shape index (κ1) is 49.5. The van der Waals surface area contributed by atoms with Crippen LogP contribution < -0.4 is 0 Å². The molecule has 0 radical (unpaired) electrons. The second-order valence-electron chi connectivity index (χ2n) is 23.1. The number of aliphatic carboxylic acids is 2. The molecule has 0 aromatic heterocycles. The lowest BCUT2D eigenvalue weighted by Gasteiger charge is -2.71. The quantitative estimate of drug-likeness (QED) is 0.116. The van der Waals surface area contributed by atoms with Gasteiger partial charge in [-0.05, 0) is 109 Å². The van der Waals surface area contributed by atoms with Crippen LogP contribution in [-0.4, -0.2) is 168 Å². The standard InChI is InChI=1S/C47H74O18/c1-42(2)14-16-47(41(58)59)17-15-45(6)21(22(47)18-42)8-9-26-44(5)12-11-27(43(3,4)25(44)10-13-46(26,45)7)62-39-33(55)34(32(54)35(64-39)37(56)57)63-40-36(28(50)23(49)20-60-40)65-38-31(53)30(52)29(51)24(19-48)61-38/h8,22-36,38-40,48-55H,9-20H2,1-7H3,(H,56,57)(H,58,59). The van der Waals surface area contributed by atoms with E-state index in [2.05, 4.69) is 54.5 Å². The number of hydrogen-bond acceptors (Lipinski definition) is 16. The highest BCUT2D eigenvalue weighted by atomic mass is 16.8. The van der Waals surface area contributed by atoms with E-state index in [4.69, 9.17) is 28.4 Å². The number of carboxylic acids is 2. The molecule has 0 bridgehead atoms. The average Bonchev–Trinajstić information content (AvgIpc) is 3.23. The fourth-order valence-corrected chi connectivity index (χ4v) is 14.8. The number of ether oxygens (including phenoxy) is 6. The fraction of sp³-hybridized carbons (Fsp3) is 0.915. The summed E-state index contributed by atoms with van der Waals surface area (Å²) in [7, 11) is 0. The Morgan fingerprint density at radius 3 is 2.02 bits per heavy atom. The number of allylic oxidation sites excluding steroid dienone is 2. The van der Waals surface area contributed by atoms with E-state index >= 15 is 0 Å². The Morgan fingerprint density at radius 1 is 0.692 bits per heavy atom. The lowest BCUT2D eigenvalue weighted by molar-refractivity contribution is -0.381. The van der Waals surface area contributed by atoms with Gasteiger partial charge in [-0.3, -0.25) is 4.79 Å². The fourth-order valence-electron chi connectivity index (χ4n) is 14.8. The van der Waals surface area contributed by atoms with Crippen LogP contribution >= 0.6 is 0 Å². The molecule has 0 spiro atoms. The number of carbonyl (C=O) groups is 2. The lowest BCUT2D eigenvalue weighted by Crippen LogP contribution is -2.67. The third-order valence-electron chi connectivity index (χ3n) is 18.9. The third kappa shape index (κ3) is 7.76. The minimum atomic E-state index is -2.01. The first-order valence-electron chi connectivity index (χ1n) is 23.7. The number of aliphatic hydroxyl groups is 8. The second kappa shape index (κ2) is 17.2. The van der Waals surface area contributed by atoms with E-state index in [1.807, 2.05) is 0 Å². The number of fused-ring (bicyclic) bond motifs is 7. The second-order valence-corrected chi connectivity index (χ2v) is 23.1. The van der Waals surface area contributed by atoms with Crippen LogP contribution in [0.25, 0.3) is 0 Å². The molecule has 22 atom stereocenters. The van der Waals surface area contributed by atoms with Gasteiger partial charge in [0.1, 0.15) is 61.0 Å². The van der Waals surface area contributed by atoms with Crippen LogP contribution in [0.4, 0.5) is 0 Å². The molecule has 0 aromatic rings. The number of hydrogen-bond donors (Lipinski definition) is 10. The topological polar surface area (TPSA) is 292 Å². The van der Waals surface area contributed by atoms with E-state index in [1.54, 1.807) is 0 Å². The van der Waals surface area contributed by atoms with E-state index in [9.17, 15) is 60.7 Å². The van der Waals surface area contributed by atoms with Gasteiger partial charge in [0, 0.05) is 0 Å². The molecule has 65 heavy (non-hydrogen) atoms. The van der Waals surface area contributed by atoms with Crippen molar-refractivity contribution in [3.05, 3.63) is 11.6 Å². The van der Waals surface area contributed by atoms with Crippen LogP contribution in [0.5, 0.6) is 0 Å². The van der Waals surface area contributed by atoms with Gasteiger partial charge in [-0.2, -0.15) is 0 Å². The monoisotopic (exact) mass is 926 g/mol. The summed E-state index contributed by atoms with van der Waals surface area (Å²) in [6, 6.07) is 0. The largest absolute Gasteiger partial charge is 0.481 e. The minimum absolute atomic E-state index is 0.00328. The Bertz CT molecular complexity index is 1820. The molecule has 4 saturated carbocycles. The summed E-state index contributed by atoms with van der Waals surface area (Å²) in [6.45, 7) is 14.7. The van der Waals surface area contributed by atoms with Crippen LogP contribution in [0.15, 0.2) is 11.6 Å². The van der Waals surface area contributed by atoms with E-state index < -0.39 is 128 Å². The number of carboxylic acid groups (broad SMARTS) is 2. The Balaban J connectivity index is 1.02. The predicted octanol–water partition coefficient (Wildman–Crippen LogP) is 1.44. The molecular formula is C47H74O18. The van der Waals surface area contributed by atoms with Crippen molar-refractivity contribution in [2.24, 2.45) is 50.2 Å². The van der Waals surface area contributed by atoms with E-state index in [0.29, 0.717) is 25.2 Å². The van der Waals surface area contributed by atoms with E-state index in [-0.39, 0.29) is 33.5 Å². The molecule has 10 N–H and O–H groups in total. The Hall–Kier alpha value is -1.88. The molecule has 3 heterocycles. The van der Waals surface area contributed by atoms with Gasteiger partial charge in [0.05, 0.1) is 24.7 Å². The zero-order valence-electron chi connectivity index (χ0n) is 38.7. The molecule has 0 aromatic carbocycles. The van der Waals surface area contributed by atoms with Crippen LogP contribution in [0.3, 0.4) is 0 Å². The molecule has 8 aliphatic rings. The van der Waals surface area contributed by atoms with Crippen molar-refractivity contribution in [1.82, 2.24) is 0 Å². The molecular weight excluding hydrogens is 852 g/mol. The van der Waals surface area contributed by atoms with Gasteiger partial charge in [-0.1, -0.05) is 60.1 Å². The first-order valence-corrected chi connectivity index (χ1v) is 23.7. The van der Waals surface area contributed by atoms with Crippen molar-refractivity contribution in [3.8, 4) is 0 Å². The molecule has 5 aliphatic carbocycles. The molecule has 8 rings (SSSR count). The highest BCUT2D eigenvalue weighted by Crippen LogP contribution is 2.76. The third-order valence-corrected chi connectivity index (χ3v) is 18.9. The summed E-state index contributed by atoms with van der Waals surface area (Å²) in [4.78, 5) is 25.7. The summed E-state index contributed by atoms with van der Waals surface area (Å²) < 4.78 is 35.3. The molecule has 7 fully saturated rings. The molecule has 3 saturated heterocycles. The van der Waals surface area contributed by atoms with Crippen molar-refractivity contribution in [3.63, 3.8) is 0 Å². The SMILES string of the molecule is CC1(C)CCC2(C(=O)O)CCC3(C)C(=CCC4C5(C)CCC(OC6OC(C(=O)O)C(O)C(OC7OCC(O)C(O)C7OC7OC(CO)C(O)C(O)C7O)C6O)C(C)(C)C5CCC43C)C2C1. The predicted molar refractivity (Wildman–Crippen MR) is 225 cm³/mol. The van der Waals surface area contributed by atoms with Crippen molar-refractivity contribution in [2.75, 3.05) is 13.2 Å². The van der Waals surface area contributed by atoms with Gasteiger partial charge in [-0.15, -0.1) is 0 Å². The first-order chi connectivity index (χ1) is 30.3. The average molecular weight is 927 g/mol. The van der Waals surface area contributed by atoms with Gasteiger partial charge in [0.2, 0.25) is 0 Å². The van der Waals surface area contributed by atoms with Gasteiger partial charge in [-0.25, -0.2) is 4.79 Å². The normalized spacial score (nSPS) is 52.8. The minimum Gasteiger partial charge on any atom is -0.481 e. The maximum absolute atomic E-state index is 13.1. The number of aliphatic hydroxyl groups excluding tert-OH is 8. The summed E-state index contributed by atoms with van der Waals surface area (Å²) in [5.41, 5.74) is -0.261. The summed E-state index contributed by atoms with van der Waals surface area (Å²) in [6.07, 6.45) is -14.9. The zero-order chi connectivity index (χ0) is 47.6. The maximum Gasteiger partial charge on any atom is 0.335 e. The van der Waals surface area contributed by atoms with Crippen LogP contribution in [0.2, 0.25) is 0 Å². The number of rotatable bonds is 9. The molecule has 22 unspecified atom stereocenters. The van der Waals surface area contributed by atoms with Crippen molar-refractivity contribution >= 4 is 11.9 Å². The maximum atomic E-state index is 13.1. The van der Waals surface area contributed by atoms with E-state index in [1.165, 1.54) is 5.57 Å². The van der Waals surface area contributed by atoms with E-state index in [0.717, 1.165) is 44.9 Å². The van der Waals surface area contributed by atoms with Gasteiger partial charge < -0.3 is 79.5 Å². The van der Waals surface area contributed by atoms with Crippen LogP contribution in [0, 0.1) is 50.2 Å². The Labute approximate surface area is 380 Å². The lowest BCUT2D eigenvalue weighted by atomic mass is 9.33. The highest BCUT2D eigenvalue weighted by molar-refractivity contribution is 5.76. The zero-order valence-corrected chi connectivity index (χ0v) is 38.7. The van der Waals surface area contributed by atoms with Crippen molar-refractivity contribution in [2.45, 2.75) is 205 Å². The van der Waals surface area contributed by atoms with Crippen LogP contribution in [0.1, 0.15) is 113 Å². The van der Waals surface area contributed by atoms with Gasteiger partial charge in [0.25, 0.3) is 0 Å². The molecule has 0 amide bonds. The summed E-state index contributed by atoms with van der Waals surface area (Å²) in [5, 5.41) is 107. The molecule has 370 valence electrons. The molecule has 18 heteroatoms. The Morgan fingerprint density at radius 2 is 1.35 bits per heavy atom. The molecule has 3 aliphatic heterocycles.